The van der Waals surface area contributed by atoms with E-state index in [9.17, 15) is 17.7 Å². The zero-order chi connectivity index (χ0) is 16.6. The average Bonchev–Trinajstić information content (AvgIpc) is 2.85. The Labute approximate surface area is 138 Å². The first kappa shape index (κ1) is 16.2. The number of benzene rings is 1. The predicted octanol–water partition coefficient (Wildman–Crippen LogP) is 5.40. The van der Waals surface area contributed by atoms with E-state index in [1.54, 1.807) is 0 Å². The Hall–Kier alpha value is -1.68. The summed E-state index contributed by atoms with van der Waals surface area (Å²) < 4.78 is 50.0. The maximum Gasteiger partial charge on any atom is 0.424 e. The summed E-state index contributed by atoms with van der Waals surface area (Å²) in [5.74, 6) is 0.238. The first-order chi connectivity index (χ1) is 10.9. The molecular weight excluding hydrogens is 341 g/mol. The standard InChI is InChI=1S/C17H12F3OS2/c1-11-14-4-2-3-5-15(14)22-16(11)23(21)10-12-6-8-13(9-7-12)17(18,19)20/h2-6,8,21H,10H2,1H3/q+1. The van der Waals surface area contributed by atoms with Crippen molar-refractivity contribution in [3.05, 3.63) is 64.6 Å². The van der Waals surface area contributed by atoms with Gasteiger partial charge in [-0.15, -0.1) is 0 Å². The number of aryl methyl sites for hydroxylation is 1. The molecule has 0 fully saturated rings. The topological polar surface area (TPSA) is 20.2 Å². The number of allylic oxidation sites excluding steroid dienone is 3. The molecule has 2 aromatic rings. The molecule has 0 bridgehead atoms. The van der Waals surface area contributed by atoms with E-state index in [1.165, 1.54) is 17.4 Å². The highest BCUT2D eigenvalue weighted by Gasteiger charge is 2.33. The van der Waals surface area contributed by atoms with E-state index >= 15 is 0 Å². The van der Waals surface area contributed by atoms with Crippen LogP contribution in [0.1, 0.15) is 5.56 Å². The molecule has 3 rings (SSSR count). The number of alkyl halides is 3. The molecule has 1 aromatic carbocycles. The van der Waals surface area contributed by atoms with Crippen LogP contribution in [-0.4, -0.2) is 16.5 Å². The Bertz CT molecular complexity index is 892. The van der Waals surface area contributed by atoms with Crippen LogP contribution in [0.15, 0.2) is 63.2 Å². The summed E-state index contributed by atoms with van der Waals surface area (Å²) in [6.07, 6.45) is -2.10. The average molecular weight is 353 g/mol. The Kier molecular flexibility index (Phi) is 4.28. The van der Waals surface area contributed by atoms with Crippen molar-refractivity contribution in [2.45, 2.75) is 17.3 Å². The second-order valence-electron chi connectivity index (χ2n) is 5.04. The van der Waals surface area contributed by atoms with Crippen molar-refractivity contribution in [2.75, 3.05) is 5.75 Å². The zero-order valence-corrected chi connectivity index (χ0v) is 13.7. The molecule has 1 atom stereocenters. The summed E-state index contributed by atoms with van der Waals surface area (Å²) in [6, 6.07) is 7.88. The minimum atomic E-state index is -4.42. The van der Waals surface area contributed by atoms with Gasteiger partial charge < -0.3 is 0 Å². The van der Waals surface area contributed by atoms with Crippen molar-refractivity contribution >= 4 is 32.6 Å². The fourth-order valence-electron chi connectivity index (χ4n) is 2.25. The van der Waals surface area contributed by atoms with Crippen LogP contribution in [0.3, 0.4) is 0 Å². The lowest BCUT2D eigenvalue weighted by Gasteiger charge is -2.06. The Balaban J connectivity index is 1.89. The van der Waals surface area contributed by atoms with E-state index in [0.717, 1.165) is 25.9 Å². The molecule has 0 saturated heterocycles. The molecule has 1 aliphatic rings. The van der Waals surface area contributed by atoms with Gasteiger partial charge in [-0.25, -0.2) is 0 Å². The third kappa shape index (κ3) is 3.32. The number of thiophene rings is 1. The fourth-order valence-corrected chi connectivity index (χ4v) is 5.08. The van der Waals surface area contributed by atoms with E-state index in [2.05, 4.69) is 11.5 Å². The van der Waals surface area contributed by atoms with Gasteiger partial charge in [0.25, 0.3) is 0 Å². The van der Waals surface area contributed by atoms with E-state index < -0.39 is 22.9 Å². The molecule has 0 radical (unpaired) electrons. The molecule has 1 heterocycles. The summed E-state index contributed by atoms with van der Waals surface area (Å²) in [5.41, 5.74) is 5.31. The van der Waals surface area contributed by atoms with Crippen LogP contribution in [0.4, 0.5) is 13.2 Å². The quantitative estimate of drug-likeness (QED) is 0.579. The minimum absolute atomic E-state index is 0.238. The van der Waals surface area contributed by atoms with Crippen LogP contribution in [-0.2, 0) is 11.2 Å². The second kappa shape index (κ2) is 6.08. The maximum absolute atomic E-state index is 12.5. The van der Waals surface area contributed by atoms with E-state index in [-0.39, 0.29) is 5.75 Å². The maximum atomic E-state index is 12.5. The highest BCUT2D eigenvalue weighted by atomic mass is 32.2. The van der Waals surface area contributed by atoms with E-state index in [4.69, 9.17) is 0 Å². The van der Waals surface area contributed by atoms with Gasteiger partial charge in [0.1, 0.15) is 5.57 Å². The summed E-state index contributed by atoms with van der Waals surface area (Å²) >= 11 is 0.447. The monoisotopic (exact) mass is 353 g/mol. The van der Waals surface area contributed by atoms with Gasteiger partial charge in [-0.3, -0.25) is 0 Å². The minimum Gasteiger partial charge on any atom is -0.180 e. The zero-order valence-electron chi connectivity index (χ0n) is 12.1. The second-order valence-corrected chi connectivity index (χ2v) is 7.78. The number of halogens is 3. The number of rotatable bonds is 3. The molecule has 1 unspecified atom stereocenters. The fraction of sp³-hybridized carbons (Fsp3) is 0.176. The lowest BCUT2D eigenvalue weighted by Crippen LogP contribution is -2.11. The highest BCUT2D eigenvalue weighted by molar-refractivity contribution is 7.93. The molecule has 1 N–H and O–H groups in total. The van der Waals surface area contributed by atoms with Gasteiger partial charge in [0.2, 0.25) is 4.21 Å². The van der Waals surface area contributed by atoms with Gasteiger partial charge in [-0.1, -0.05) is 41.0 Å². The van der Waals surface area contributed by atoms with Gasteiger partial charge in [0, 0.05) is 15.6 Å². The van der Waals surface area contributed by atoms with Crippen LogP contribution in [0.2, 0.25) is 0 Å². The normalized spacial score (nSPS) is 15.7. The van der Waals surface area contributed by atoms with Crippen LogP contribution >= 0.6 is 11.3 Å². The summed E-state index contributed by atoms with van der Waals surface area (Å²) in [6.45, 7) is 1.95. The van der Waals surface area contributed by atoms with Gasteiger partial charge >= 0.3 is 6.18 Å². The van der Waals surface area contributed by atoms with Crippen molar-refractivity contribution in [1.29, 1.82) is 0 Å². The van der Waals surface area contributed by atoms with Crippen molar-refractivity contribution in [3.63, 3.8) is 0 Å². The van der Waals surface area contributed by atoms with Crippen LogP contribution in [0.25, 0.3) is 10.1 Å². The molecule has 1 aliphatic carbocycles. The third-order valence-corrected chi connectivity index (χ3v) is 6.63. The third-order valence-electron chi connectivity index (χ3n) is 3.42. The largest absolute Gasteiger partial charge is 0.424 e. The Morgan fingerprint density at radius 1 is 1.17 bits per heavy atom. The van der Waals surface area contributed by atoms with Crippen LogP contribution < -0.4 is 0 Å². The molecule has 1 aromatic heterocycles. The number of hydrogen-bond donors (Lipinski definition) is 1. The van der Waals surface area contributed by atoms with Gasteiger partial charge in [0.05, 0.1) is 5.57 Å². The number of fused-ring (bicyclic) bond motifs is 1. The molecule has 1 nitrogen and oxygen atoms in total. The van der Waals surface area contributed by atoms with E-state index in [1.807, 2.05) is 31.2 Å². The smallest absolute Gasteiger partial charge is 0.180 e. The Morgan fingerprint density at radius 3 is 2.52 bits per heavy atom. The van der Waals surface area contributed by atoms with Crippen molar-refractivity contribution in [3.8, 4) is 0 Å². The molecule has 0 spiro atoms. The first-order valence-corrected chi connectivity index (χ1v) is 8.91. The Morgan fingerprint density at radius 2 is 1.91 bits per heavy atom. The molecular formula is C17H12F3OS2+. The number of hydrogen-bond acceptors (Lipinski definition) is 2. The molecule has 6 heteroatoms. The lowest BCUT2D eigenvalue weighted by molar-refractivity contribution is -0.0880. The molecule has 0 aliphatic heterocycles. The molecule has 0 amide bonds. The molecule has 0 saturated carbocycles. The predicted molar refractivity (Wildman–Crippen MR) is 88.9 cm³/mol. The summed E-state index contributed by atoms with van der Waals surface area (Å²) in [5, 5.41) is 1.10. The van der Waals surface area contributed by atoms with E-state index in [0.29, 0.717) is 5.57 Å². The highest BCUT2D eigenvalue weighted by Crippen LogP contribution is 2.35. The van der Waals surface area contributed by atoms with Crippen molar-refractivity contribution in [2.24, 2.45) is 0 Å². The first-order valence-electron chi connectivity index (χ1n) is 6.74. The molecule has 118 valence electrons. The van der Waals surface area contributed by atoms with Crippen molar-refractivity contribution < 1.29 is 17.7 Å². The van der Waals surface area contributed by atoms with Gasteiger partial charge in [-0.05, 0) is 25.1 Å². The lowest BCUT2D eigenvalue weighted by atomic mass is 10.1. The van der Waals surface area contributed by atoms with Crippen LogP contribution in [0.5, 0.6) is 0 Å². The van der Waals surface area contributed by atoms with Gasteiger partial charge in [0.15, 0.2) is 16.9 Å². The molecule has 23 heavy (non-hydrogen) atoms. The summed E-state index contributed by atoms with van der Waals surface area (Å²) in [7, 11) is 0. The summed E-state index contributed by atoms with van der Waals surface area (Å²) in [4.78, 5) is 0. The SMILES string of the molecule is Cc1c([S+](O)CC2=C=C=C(C(F)(F)F)C=C2)sc2ccccc12. The van der Waals surface area contributed by atoms with Gasteiger partial charge in [-0.2, -0.15) is 17.7 Å². The van der Waals surface area contributed by atoms with Crippen molar-refractivity contribution in [1.82, 2.24) is 0 Å². The van der Waals surface area contributed by atoms with Crippen LogP contribution in [0, 0.1) is 6.92 Å².